The zero-order valence-corrected chi connectivity index (χ0v) is 14.0. The lowest BCUT2D eigenvalue weighted by Gasteiger charge is -2.22. The van der Waals surface area contributed by atoms with E-state index < -0.39 is 5.97 Å². The van der Waals surface area contributed by atoms with Gasteiger partial charge in [-0.25, -0.2) is 9.59 Å². The molecule has 23 heavy (non-hydrogen) atoms. The van der Waals surface area contributed by atoms with Gasteiger partial charge in [-0.3, -0.25) is 0 Å². The Morgan fingerprint density at radius 3 is 2.39 bits per heavy atom. The normalized spacial score (nSPS) is 22.0. The maximum absolute atomic E-state index is 11.9. The molecule has 2 aliphatic rings. The Kier molecular flexibility index (Phi) is 9.29. The molecule has 0 bridgehead atoms. The topological polar surface area (TPSA) is 72.8 Å². The van der Waals surface area contributed by atoms with Crippen LogP contribution in [0.25, 0.3) is 0 Å². The quantitative estimate of drug-likeness (QED) is 0.617. The summed E-state index contributed by atoms with van der Waals surface area (Å²) in [5, 5.41) is 7.60. The standard InChI is InChI=1S/C15H24O3.C3H4O2/c1-12(9-10-13-8-5-11-17-13)15(16)18-14-6-3-2-4-7-14;1-2-3(4)5/h9,13-14H,2-8,10-11H2,1H3;2H,1H2,(H,4,5). The summed E-state index contributed by atoms with van der Waals surface area (Å²) in [6, 6.07) is 0. The van der Waals surface area contributed by atoms with Crippen molar-refractivity contribution in [3.63, 3.8) is 0 Å². The Hall–Kier alpha value is -1.62. The van der Waals surface area contributed by atoms with Crippen LogP contribution < -0.4 is 0 Å². The van der Waals surface area contributed by atoms with E-state index in [0.29, 0.717) is 6.10 Å². The highest BCUT2D eigenvalue weighted by molar-refractivity contribution is 5.87. The van der Waals surface area contributed by atoms with Crippen molar-refractivity contribution in [3.8, 4) is 0 Å². The van der Waals surface area contributed by atoms with Gasteiger partial charge in [0.15, 0.2) is 0 Å². The van der Waals surface area contributed by atoms with E-state index in [4.69, 9.17) is 14.6 Å². The third kappa shape index (κ3) is 8.55. The average Bonchev–Trinajstić information content (AvgIpc) is 3.07. The largest absolute Gasteiger partial charge is 0.478 e. The monoisotopic (exact) mass is 324 g/mol. The third-order valence-electron chi connectivity index (χ3n) is 4.03. The lowest BCUT2D eigenvalue weighted by atomic mass is 9.98. The van der Waals surface area contributed by atoms with Gasteiger partial charge >= 0.3 is 11.9 Å². The number of aliphatic carboxylic acids is 1. The number of hydrogen-bond donors (Lipinski definition) is 1. The summed E-state index contributed by atoms with van der Waals surface area (Å²) in [4.78, 5) is 21.1. The highest BCUT2D eigenvalue weighted by Crippen LogP contribution is 2.22. The van der Waals surface area contributed by atoms with E-state index in [1.807, 2.05) is 13.0 Å². The molecule has 1 heterocycles. The Bertz CT molecular complexity index is 415. The van der Waals surface area contributed by atoms with Crippen LogP contribution in [0.1, 0.15) is 58.3 Å². The van der Waals surface area contributed by atoms with Gasteiger partial charge in [-0.05, 0) is 51.9 Å². The molecular weight excluding hydrogens is 296 g/mol. The van der Waals surface area contributed by atoms with E-state index in [-0.39, 0.29) is 12.1 Å². The molecular formula is C18H28O5. The highest BCUT2D eigenvalue weighted by Gasteiger charge is 2.19. The van der Waals surface area contributed by atoms with Crippen molar-refractivity contribution in [2.24, 2.45) is 0 Å². The molecule has 1 unspecified atom stereocenters. The van der Waals surface area contributed by atoms with Crippen molar-refractivity contribution in [2.45, 2.75) is 70.5 Å². The molecule has 1 saturated heterocycles. The maximum atomic E-state index is 11.9. The van der Waals surface area contributed by atoms with E-state index in [1.54, 1.807) is 0 Å². The fraction of sp³-hybridized carbons (Fsp3) is 0.667. The van der Waals surface area contributed by atoms with E-state index in [0.717, 1.165) is 50.4 Å². The van der Waals surface area contributed by atoms with Crippen LogP contribution in [0.4, 0.5) is 0 Å². The van der Waals surface area contributed by atoms with Crippen LogP contribution in [0.3, 0.4) is 0 Å². The fourth-order valence-corrected chi connectivity index (χ4v) is 2.65. The van der Waals surface area contributed by atoms with E-state index in [1.165, 1.54) is 19.3 Å². The van der Waals surface area contributed by atoms with Gasteiger partial charge < -0.3 is 14.6 Å². The van der Waals surface area contributed by atoms with E-state index >= 15 is 0 Å². The molecule has 0 aromatic heterocycles. The summed E-state index contributed by atoms with van der Waals surface area (Å²) in [7, 11) is 0. The maximum Gasteiger partial charge on any atom is 0.333 e. The molecule has 0 amide bonds. The molecule has 1 aliphatic heterocycles. The summed E-state index contributed by atoms with van der Waals surface area (Å²) in [6.07, 6.45) is 12.1. The second kappa shape index (κ2) is 11.0. The van der Waals surface area contributed by atoms with Gasteiger partial charge in [0.1, 0.15) is 6.10 Å². The summed E-state index contributed by atoms with van der Waals surface area (Å²) in [5.41, 5.74) is 0.732. The summed E-state index contributed by atoms with van der Waals surface area (Å²) < 4.78 is 11.1. The number of carbonyl (C=O) groups is 2. The number of ether oxygens (including phenoxy) is 2. The van der Waals surface area contributed by atoms with Crippen molar-refractivity contribution in [3.05, 3.63) is 24.3 Å². The van der Waals surface area contributed by atoms with E-state index in [2.05, 4.69) is 6.58 Å². The molecule has 1 N–H and O–H groups in total. The van der Waals surface area contributed by atoms with Crippen molar-refractivity contribution in [1.82, 2.24) is 0 Å². The minimum absolute atomic E-state index is 0.139. The first-order valence-electron chi connectivity index (χ1n) is 8.37. The van der Waals surface area contributed by atoms with Crippen molar-refractivity contribution >= 4 is 11.9 Å². The molecule has 0 spiro atoms. The Labute approximate surface area is 138 Å². The Morgan fingerprint density at radius 2 is 1.87 bits per heavy atom. The zero-order valence-electron chi connectivity index (χ0n) is 14.0. The lowest BCUT2D eigenvalue weighted by Crippen LogP contribution is -2.21. The summed E-state index contributed by atoms with van der Waals surface area (Å²) >= 11 is 0. The van der Waals surface area contributed by atoms with Crippen LogP contribution in [0.5, 0.6) is 0 Å². The van der Waals surface area contributed by atoms with Gasteiger partial charge in [-0.1, -0.05) is 19.1 Å². The van der Waals surface area contributed by atoms with Gasteiger partial charge in [0.05, 0.1) is 6.10 Å². The number of hydrogen-bond acceptors (Lipinski definition) is 4. The smallest absolute Gasteiger partial charge is 0.333 e. The summed E-state index contributed by atoms with van der Waals surface area (Å²) in [5.74, 6) is -1.12. The van der Waals surface area contributed by atoms with Gasteiger partial charge in [0.25, 0.3) is 0 Å². The Balaban J connectivity index is 0.000000463. The van der Waals surface area contributed by atoms with Crippen LogP contribution in [0.2, 0.25) is 0 Å². The molecule has 1 aliphatic carbocycles. The minimum atomic E-state index is -0.981. The average molecular weight is 324 g/mol. The van der Waals surface area contributed by atoms with Gasteiger partial charge in [-0.2, -0.15) is 0 Å². The molecule has 0 aromatic carbocycles. The number of esters is 1. The highest BCUT2D eigenvalue weighted by atomic mass is 16.5. The number of carboxylic acid groups (broad SMARTS) is 1. The lowest BCUT2D eigenvalue weighted by molar-refractivity contribution is -0.145. The number of carbonyl (C=O) groups excluding carboxylic acids is 1. The second-order valence-electron chi connectivity index (χ2n) is 5.97. The molecule has 1 saturated carbocycles. The predicted molar refractivity (Wildman–Crippen MR) is 88.1 cm³/mol. The van der Waals surface area contributed by atoms with Crippen molar-refractivity contribution in [1.29, 1.82) is 0 Å². The first kappa shape index (κ1) is 19.4. The molecule has 1 atom stereocenters. The second-order valence-corrected chi connectivity index (χ2v) is 5.97. The molecule has 2 fully saturated rings. The van der Waals surface area contributed by atoms with E-state index in [9.17, 15) is 9.59 Å². The first-order chi connectivity index (χ1) is 11.0. The molecule has 130 valence electrons. The molecule has 0 radical (unpaired) electrons. The van der Waals surface area contributed by atoms with Crippen LogP contribution in [0, 0.1) is 0 Å². The SMILES string of the molecule is C=CC(=O)O.CC(=CCC1CCCO1)C(=O)OC1CCCCC1. The summed E-state index contributed by atoms with van der Waals surface area (Å²) in [6.45, 7) is 5.67. The number of carboxylic acids is 1. The van der Waals surface area contributed by atoms with Crippen LogP contribution in [-0.4, -0.2) is 35.9 Å². The predicted octanol–water partition coefficient (Wildman–Crippen LogP) is 3.63. The van der Waals surface area contributed by atoms with Crippen LogP contribution in [-0.2, 0) is 19.1 Å². The number of rotatable bonds is 5. The van der Waals surface area contributed by atoms with Gasteiger partial charge in [0, 0.05) is 18.3 Å². The fourth-order valence-electron chi connectivity index (χ4n) is 2.65. The van der Waals surface area contributed by atoms with Crippen LogP contribution >= 0.6 is 0 Å². The minimum Gasteiger partial charge on any atom is -0.478 e. The molecule has 5 heteroatoms. The first-order valence-corrected chi connectivity index (χ1v) is 8.37. The van der Waals surface area contributed by atoms with Gasteiger partial charge in [-0.15, -0.1) is 0 Å². The van der Waals surface area contributed by atoms with Crippen molar-refractivity contribution in [2.75, 3.05) is 6.61 Å². The molecule has 0 aromatic rings. The van der Waals surface area contributed by atoms with Crippen LogP contribution in [0.15, 0.2) is 24.3 Å². The van der Waals surface area contributed by atoms with Gasteiger partial charge in [0.2, 0.25) is 0 Å². The molecule has 2 rings (SSSR count). The van der Waals surface area contributed by atoms with Crippen molar-refractivity contribution < 1.29 is 24.2 Å². The zero-order chi connectivity index (χ0) is 17.1. The molecule has 5 nitrogen and oxygen atoms in total. The Morgan fingerprint density at radius 1 is 1.22 bits per heavy atom. The third-order valence-corrected chi connectivity index (χ3v) is 4.03.